The number of aromatic nitrogens is 3. The van der Waals surface area contributed by atoms with Crippen LogP contribution in [-0.2, 0) is 6.18 Å². The number of hydrogen-bond donors (Lipinski definition) is 1. The molecule has 10 heteroatoms. The van der Waals surface area contributed by atoms with Crippen molar-refractivity contribution in [2.75, 3.05) is 11.3 Å². The van der Waals surface area contributed by atoms with E-state index in [0.717, 1.165) is 28.7 Å². The summed E-state index contributed by atoms with van der Waals surface area (Å²) < 4.78 is 62.9. The molecule has 0 aliphatic carbocycles. The first kappa shape index (κ1) is 23.1. The molecule has 4 aromatic rings. The van der Waals surface area contributed by atoms with Gasteiger partial charge in [-0.1, -0.05) is 12.1 Å². The third-order valence-corrected chi connectivity index (χ3v) is 6.48. The Bertz CT molecular complexity index is 1330. The number of nitrogens with zero attached hydrogens (tertiary/aromatic N) is 3. The van der Waals surface area contributed by atoms with Crippen molar-refractivity contribution in [2.24, 2.45) is 0 Å². The van der Waals surface area contributed by atoms with Crippen LogP contribution in [0.3, 0.4) is 0 Å². The highest BCUT2D eigenvalue weighted by Gasteiger charge is 2.33. The van der Waals surface area contributed by atoms with Gasteiger partial charge < -0.3 is 9.46 Å². The molecule has 1 atom stereocenters. The van der Waals surface area contributed by atoms with Gasteiger partial charge in [-0.05, 0) is 72.0 Å². The van der Waals surface area contributed by atoms with Gasteiger partial charge in [0.1, 0.15) is 17.9 Å². The number of nitrogens with one attached hydrogen (secondary N) is 1. The Morgan fingerprint density at radius 3 is 2.57 bits per heavy atom. The smallest absolute Gasteiger partial charge is 0.416 e. The molecule has 5 nitrogen and oxygen atoms in total. The van der Waals surface area contributed by atoms with Crippen molar-refractivity contribution in [1.29, 1.82) is 0 Å². The largest absolute Gasteiger partial charge is 0.493 e. The molecule has 1 N–H and O–H groups in total. The second kappa shape index (κ2) is 9.53. The molecule has 35 heavy (non-hydrogen) atoms. The number of pyridine rings is 1. The van der Waals surface area contributed by atoms with Gasteiger partial charge in [-0.3, -0.25) is 0 Å². The standard InChI is InChI=1S/C25H18F4N4OS/c26-23-6-1-15(13-31-23)21-11-16(25(27,28)29)2-4-18(21)19-8-10-34-22-12-17(3-5-20(19)22)35-33-24-7-9-30-14-32-24/h1-7,9,11-14,19H,8,10H2,(H,30,32,33). The molecule has 178 valence electrons. The molecule has 0 bridgehead atoms. The number of hydrogen-bond acceptors (Lipinski definition) is 6. The molecule has 0 amide bonds. The van der Waals surface area contributed by atoms with E-state index in [9.17, 15) is 17.6 Å². The van der Waals surface area contributed by atoms with Gasteiger partial charge in [0.05, 0.1) is 12.2 Å². The highest BCUT2D eigenvalue weighted by Crippen LogP contribution is 2.44. The van der Waals surface area contributed by atoms with Gasteiger partial charge in [-0.2, -0.15) is 17.6 Å². The molecule has 0 fully saturated rings. The topological polar surface area (TPSA) is 59.9 Å². The van der Waals surface area contributed by atoms with Crippen LogP contribution in [0.1, 0.15) is 29.0 Å². The fourth-order valence-corrected chi connectivity index (χ4v) is 4.69. The van der Waals surface area contributed by atoms with Crippen LogP contribution < -0.4 is 9.46 Å². The van der Waals surface area contributed by atoms with Crippen LogP contribution in [0.15, 0.2) is 78.2 Å². The van der Waals surface area contributed by atoms with Gasteiger partial charge in [-0.25, -0.2) is 15.0 Å². The predicted octanol–water partition coefficient (Wildman–Crippen LogP) is 6.73. The van der Waals surface area contributed by atoms with Crippen molar-refractivity contribution in [3.63, 3.8) is 0 Å². The van der Waals surface area contributed by atoms with Crippen LogP contribution in [0.5, 0.6) is 5.75 Å². The van der Waals surface area contributed by atoms with Gasteiger partial charge >= 0.3 is 6.18 Å². The minimum atomic E-state index is -4.50. The van der Waals surface area contributed by atoms with Crippen molar-refractivity contribution in [2.45, 2.75) is 23.4 Å². The first-order chi connectivity index (χ1) is 16.9. The molecule has 0 saturated heterocycles. The average Bonchev–Trinajstić information content (AvgIpc) is 2.87. The monoisotopic (exact) mass is 498 g/mol. The second-order valence-corrected chi connectivity index (χ2v) is 8.74. The van der Waals surface area contributed by atoms with Crippen molar-refractivity contribution >= 4 is 17.8 Å². The summed E-state index contributed by atoms with van der Waals surface area (Å²) in [4.78, 5) is 12.5. The van der Waals surface area contributed by atoms with Crippen molar-refractivity contribution in [3.8, 4) is 16.9 Å². The molecule has 0 saturated carbocycles. The van der Waals surface area contributed by atoms with Gasteiger partial charge in [0, 0.05) is 34.3 Å². The van der Waals surface area contributed by atoms with E-state index in [2.05, 4.69) is 19.7 Å². The predicted molar refractivity (Wildman–Crippen MR) is 125 cm³/mol. The number of alkyl halides is 3. The van der Waals surface area contributed by atoms with E-state index in [1.165, 1.54) is 36.6 Å². The first-order valence-electron chi connectivity index (χ1n) is 10.7. The summed E-state index contributed by atoms with van der Waals surface area (Å²) in [7, 11) is 0. The van der Waals surface area contributed by atoms with Crippen molar-refractivity contribution in [1.82, 2.24) is 15.0 Å². The number of ether oxygens (including phenoxy) is 1. The molecule has 5 rings (SSSR count). The molecule has 2 aromatic carbocycles. The molecule has 1 aliphatic heterocycles. The highest BCUT2D eigenvalue weighted by atomic mass is 32.2. The Balaban J connectivity index is 1.50. The summed E-state index contributed by atoms with van der Waals surface area (Å²) in [5, 5.41) is 0. The normalized spacial score (nSPS) is 15.3. The summed E-state index contributed by atoms with van der Waals surface area (Å²) in [5.41, 5.74) is 1.60. The zero-order valence-corrected chi connectivity index (χ0v) is 18.9. The van der Waals surface area contributed by atoms with E-state index in [1.807, 2.05) is 18.2 Å². The van der Waals surface area contributed by atoms with E-state index in [0.29, 0.717) is 41.3 Å². The van der Waals surface area contributed by atoms with Crippen LogP contribution in [0.25, 0.3) is 11.1 Å². The summed E-state index contributed by atoms with van der Waals surface area (Å²) in [6.45, 7) is 0.410. The molecule has 1 aliphatic rings. The summed E-state index contributed by atoms with van der Waals surface area (Å²) in [6.07, 6.45) is 0.423. The molecule has 3 heterocycles. The van der Waals surface area contributed by atoms with Gasteiger partial charge in [0.2, 0.25) is 5.95 Å². The molecular weight excluding hydrogens is 480 g/mol. The summed E-state index contributed by atoms with van der Waals surface area (Å²) >= 11 is 1.36. The third kappa shape index (κ3) is 5.07. The number of anilines is 1. The van der Waals surface area contributed by atoms with Gasteiger partial charge in [0.15, 0.2) is 0 Å². The Morgan fingerprint density at radius 1 is 0.971 bits per heavy atom. The van der Waals surface area contributed by atoms with E-state index in [4.69, 9.17) is 4.74 Å². The van der Waals surface area contributed by atoms with Gasteiger partial charge in [0.25, 0.3) is 0 Å². The maximum Gasteiger partial charge on any atom is 0.416 e. The molecule has 0 radical (unpaired) electrons. The first-order valence-corrected chi connectivity index (χ1v) is 11.5. The number of halogens is 4. The van der Waals surface area contributed by atoms with Crippen molar-refractivity contribution < 1.29 is 22.3 Å². The third-order valence-electron chi connectivity index (χ3n) is 5.67. The molecule has 2 aromatic heterocycles. The zero-order chi connectivity index (χ0) is 24.4. The minimum Gasteiger partial charge on any atom is -0.493 e. The highest BCUT2D eigenvalue weighted by molar-refractivity contribution is 8.00. The maximum atomic E-state index is 13.5. The van der Waals surface area contributed by atoms with Crippen LogP contribution in [0.2, 0.25) is 0 Å². The van der Waals surface area contributed by atoms with Gasteiger partial charge in [-0.15, -0.1) is 0 Å². The van der Waals surface area contributed by atoms with Crippen LogP contribution in [0, 0.1) is 5.95 Å². The SMILES string of the molecule is Fc1ccc(-c2cc(C(F)(F)F)ccc2C2CCOc3cc(SNc4ccncn4)ccc32)cn1. The minimum absolute atomic E-state index is 0.199. The Kier molecular flexibility index (Phi) is 6.29. The Hall–Kier alpha value is -3.66. The molecule has 0 spiro atoms. The number of rotatable bonds is 5. The van der Waals surface area contributed by atoms with E-state index < -0.39 is 17.7 Å². The summed E-state index contributed by atoms with van der Waals surface area (Å²) in [6, 6.07) is 13.8. The Labute approximate surface area is 202 Å². The molecular formula is C25H18F4N4OS. The van der Waals surface area contributed by atoms with E-state index in [1.54, 1.807) is 12.3 Å². The van der Waals surface area contributed by atoms with Crippen molar-refractivity contribution in [3.05, 3.63) is 96.0 Å². The quantitative estimate of drug-likeness (QED) is 0.187. The summed E-state index contributed by atoms with van der Waals surface area (Å²) in [5.74, 6) is 0.428. The average molecular weight is 499 g/mol. The van der Waals surface area contributed by atoms with E-state index in [-0.39, 0.29) is 5.92 Å². The zero-order valence-electron chi connectivity index (χ0n) is 18.1. The lowest BCUT2D eigenvalue weighted by atomic mass is 9.82. The van der Waals surface area contributed by atoms with Crippen LogP contribution in [-0.4, -0.2) is 21.6 Å². The lowest BCUT2D eigenvalue weighted by Gasteiger charge is -2.29. The number of fused-ring (bicyclic) bond motifs is 1. The molecule has 1 unspecified atom stereocenters. The fourth-order valence-electron chi connectivity index (χ4n) is 4.04. The number of benzene rings is 2. The lowest BCUT2D eigenvalue weighted by Crippen LogP contribution is -2.16. The van der Waals surface area contributed by atoms with E-state index >= 15 is 0 Å². The second-order valence-electron chi connectivity index (χ2n) is 7.86. The van der Waals surface area contributed by atoms with Crippen LogP contribution in [0.4, 0.5) is 23.4 Å². The van der Waals surface area contributed by atoms with Crippen LogP contribution >= 0.6 is 11.9 Å². The fraction of sp³-hybridized carbons (Fsp3) is 0.160. The maximum absolute atomic E-state index is 13.5. The Morgan fingerprint density at radius 2 is 1.83 bits per heavy atom. The lowest BCUT2D eigenvalue weighted by molar-refractivity contribution is -0.137.